The highest BCUT2D eigenvalue weighted by Crippen LogP contribution is 2.05. The topological polar surface area (TPSA) is 31.4 Å². The summed E-state index contributed by atoms with van der Waals surface area (Å²) in [7, 11) is 1.69. The summed E-state index contributed by atoms with van der Waals surface area (Å²) in [5.74, 6) is 0.442. The van der Waals surface area contributed by atoms with E-state index in [9.17, 15) is 0 Å². The van der Waals surface area contributed by atoms with Crippen LogP contribution in [0.1, 0.15) is 17.7 Å². The standard InChI is InChI=1S/C11H16ClNO2/c1-14-5-2-6-15-9-10-3-4-13-11(7-10)8-12/h3-4,7H,2,5-6,8-9H2,1H3. The third kappa shape index (κ3) is 5.11. The van der Waals surface area contributed by atoms with Crippen LogP contribution >= 0.6 is 11.6 Å². The van der Waals surface area contributed by atoms with Crippen LogP contribution in [0.5, 0.6) is 0 Å². The number of hydrogen-bond acceptors (Lipinski definition) is 3. The molecule has 4 heteroatoms. The average Bonchev–Trinajstić information content (AvgIpc) is 2.29. The minimum Gasteiger partial charge on any atom is -0.385 e. The minimum atomic E-state index is 0.442. The molecule has 0 radical (unpaired) electrons. The van der Waals surface area contributed by atoms with E-state index in [-0.39, 0.29) is 0 Å². The van der Waals surface area contributed by atoms with Gasteiger partial charge in [-0.1, -0.05) is 0 Å². The van der Waals surface area contributed by atoms with Crippen molar-refractivity contribution in [2.24, 2.45) is 0 Å². The molecule has 0 spiro atoms. The lowest BCUT2D eigenvalue weighted by atomic mass is 10.2. The van der Waals surface area contributed by atoms with Gasteiger partial charge in [0.05, 0.1) is 18.2 Å². The highest BCUT2D eigenvalue weighted by atomic mass is 35.5. The fourth-order valence-corrected chi connectivity index (χ4v) is 1.33. The van der Waals surface area contributed by atoms with Gasteiger partial charge in [-0.2, -0.15) is 0 Å². The monoisotopic (exact) mass is 229 g/mol. The molecule has 84 valence electrons. The van der Waals surface area contributed by atoms with Crippen LogP contribution in [-0.4, -0.2) is 25.3 Å². The van der Waals surface area contributed by atoms with Gasteiger partial charge in [0.15, 0.2) is 0 Å². The molecule has 0 atom stereocenters. The van der Waals surface area contributed by atoms with E-state index in [1.807, 2.05) is 12.1 Å². The molecular weight excluding hydrogens is 214 g/mol. The van der Waals surface area contributed by atoms with Crippen LogP contribution < -0.4 is 0 Å². The molecule has 1 rings (SSSR count). The SMILES string of the molecule is COCCCOCc1ccnc(CCl)c1. The van der Waals surface area contributed by atoms with Crippen LogP contribution in [0, 0.1) is 0 Å². The van der Waals surface area contributed by atoms with Crippen LogP contribution in [-0.2, 0) is 22.0 Å². The molecule has 15 heavy (non-hydrogen) atoms. The summed E-state index contributed by atoms with van der Waals surface area (Å²) in [4.78, 5) is 4.11. The molecule has 0 aliphatic rings. The van der Waals surface area contributed by atoms with Crippen molar-refractivity contribution in [2.75, 3.05) is 20.3 Å². The summed E-state index contributed by atoms with van der Waals surface area (Å²) in [6.45, 7) is 2.06. The molecule has 0 aromatic carbocycles. The molecule has 0 aliphatic carbocycles. The molecule has 0 fully saturated rings. The van der Waals surface area contributed by atoms with Crippen LogP contribution in [0.3, 0.4) is 0 Å². The van der Waals surface area contributed by atoms with Crippen molar-refractivity contribution in [3.05, 3.63) is 29.6 Å². The van der Waals surface area contributed by atoms with Crippen LogP contribution in [0.4, 0.5) is 0 Å². The Kier molecular flexibility index (Phi) is 6.32. The number of ether oxygens (including phenoxy) is 2. The number of aromatic nitrogens is 1. The normalized spacial score (nSPS) is 10.5. The second kappa shape index (κ2) is 7.63. The number of pyridine rings is 1. The van der Waals surface area contributed by atoms with Gasteiger partial charge in [0.1, 0.15) is 0 Å². The third-order valence-electron chi connectivity index (χ3n) is 1.92. The lowest BCUT2D eigenvalue weighted by Gasteiger charge is -2.04. The molecule has 0 saturated carbocycles. The summed E-state index contributed by atoms with van der Waals surface area (Å²) < 4.78 is 10.4. The van der Waals surface area contributed by atoms with Gasteiger partial charge in [-0.25, -0.2) is 0 Å². The Morgan fingerprint density at radius 3 is 3.00 bits per heavy atom. The maximum absolute atomic E-state index is 5.68. The van der Waals surface area contributed by atoms with Crippen molar-refractivity contribution in [2.45, 2.75) is 18.9 Å². The molecule has 0 bridgehead atoms. The highest BCUT2D eigenvalue weighted by Gasteiger charge is 1.96. The summed E-state index contributed by atoms with van der Waals surface area (Å²) in [5, 5.41) is 0. The Bertz CT molecular complexity index is 281. The zero-order valence-corrected chi connectivity index (χ0v) is 9.67. The molecule has 0 amide bonds. The van der Waals surface area contributed by atoms with E-state index in [1.165, 1.54) is 0 Å². The van der Waals surface area contributed by atoms with Gasteiger partial charge in [-0.15, -0.1) is 11.6 Å². The van der Waals surface area contributed by atoms with E-state index in [0.717, 1.165) is 24.3 Å². The number of halogens is 1. The molecule has 0 saturated heterocycles. The Morgan fingerprint density at radius 1 is 1.40 bits per heavy atom. The van der Waals surface area contributed by atoms with Gasteiger partial charge in [0.2, 0.25) is 0 Å². The minimum absolute atomic E-state index is 0.442. The lowest BCUT2D eigenvalue weighted by Crippen LogP contribution is -2.00. The lowest BCUT2D eigenvalue weighted by molar-refractivity contribution is 0.0928. The Hall–Kier alpha value is -0.640. The van der Waals surface area contributed by atoms with Crippen molar-refractivity contribution in [3.8, 4) is 0 Å². The predicted molar refractivity (Wildman–Crippen MR) is 59.9 cm³/mol. The summed E-state index contributed by atoms with van der Waals surface area (Å²) in [6, 6.07) is 3.90. The van der Waals surface area contributed by atoms with E-state index in [2.05, 4.69) is 4.98 Å². The number of rotatable bonds is 7. The molecule has 3 nitrogen and oxygen atoms in total. The molecule has 0 unspecified atom stereocenters. The Morgan fingerprint density at radius 2 is 2.27 bits per heavy atom. The van der Waals surface area contributed by atoms with Gasteiger partial charge >= 0.3 is 0 Å². The number of alkyl halides is 1. The van der Waals surface area contributed by atoms with E-state index >= 15 is 0 Å². The number of hydrogen-bond donors (Lipinski definition) is 0. The first-order valence-corrected chi connectivity index (χ1v) is 5.46. The van der Waals surface area contributed by atoms with Crippen molar-refractivity contribution >= 4 is 11.6 Å². The van der Waals surface area contributed by atoms with Crippen molar-refractivity contribution in [1.82, 2.24) is 4.98 Å². The predicted octanol–water partition coefficient (Wildman–Crippen LogP) is 2.37. The summed E-state index contributed by atoms with van der Waals surface area (Å²) >= 11 is 5.68. The van der Waals surface area contributed by atoms with Gasteiger partial charge in [0, 0.05) is 26.5 Å². The van der Waals surface area contributed by atoms with E-state index < -0.39 is 0 Å². The van der Waals surface area contributed by atoms with Crippen molar-refractivity contribution in [3.63, 3.8) is 0 Å². The number of nitrogens with zero attached hydrogens (tertiary/aromatic N) is 1. The summed E-state index contributed by atoms with van der Waals surface area (Å²) in [5.41, 5.74) is 1.99. The molecule has 1 heterocycles. The zero-order valence-electron chi connectivity index (χ0n) is 8.91. The van der Waals surface area contributed by atoms with Crippen LogP contribution in [0.25, 0.3) is 0 Å². The average molecular weight is 230 g/mol. The quantitative estimate of drug-likeness (QED) is 0.532. The second-order valence-corrected chi connectivity index (χ2v) is 3.46. The highest BCUT2D eigenvalue weighted by molar-refractivity contribution is 6.16. The fraction of sp³-hybridized carbons (Fsp3) is 0.545. The van der Waals surface area contributed by atoms with E-state index in [4.69, 9.17) is 21.1 Å². The summed E-state index contributed by atoms with van der Waals surface area (Å²) in [6.07, 6.45) is 2.68. The smallest absolute Gasteiger partial charge is 0.0718 e. The van der Waals surface area contributed by atoms with Gasteiger partial charge in [0.25, 0.3) is 0 Å². The molecule has 1 aromatic rings. The Labute approximate surface area is 95.4 Å². The van der Waals surface area contributed by atoms with Gasteiger partial charge < -0.3 is 9.47 Å². The third-order valence-corrected chi connectivity index (χ3v) is 2.20. The fourth-order valence-electron chi connectivity index (χ4n) is 1.19. The van der Waals surface area contributed by atoms with E-state index in [1.54, 1.807) is 13.3 Å². The van der Waals surface area contributed by atoms with Crippen molar-refractivity contribution in [1.29, 1.82) is 0 Å². The van der Waals surface area contributed by atoms with Gasteiger partial charge in [-0.05, 0) is 24.1 Å². The van der Waals surface area contributed by atoms with E-state index in [0.29, 0.717) is 19.1 Å². The second-order valence-electron chi connectivity index (χ2n) is 3.19. The first-order valence-electron chi connectivity index (χ1n) is 4.93. The maximum atomic E-state index is 5.68. The first-order chi connectivity index (χ1) is 7.36. The van der Waals surface area contributed by atoms with Crippen LogP contribution in [0.15, 0.2) is 18.3 Å². The largest absolute Gasteiger partial charge is 0.385 e. The van der Waals surface area contributed by atoms with Crippen molar-refractivity contribution < 1.29 is 9.47 Å². The van der Waals surface area contributed by atoms with Gasteiger partial charge in [-0.3, -0.25) is 4.98 Å². The molecular formula is C11H16ClNO2. The zero-order chi connectivity index (χ0) is 10.9. The molecule has 0 N–H and O–H groups in total. The first kappa shape index (κ1) is 12.4. The number of methoxy groups -OCH3 is 1. The van der Waals surface area contributed by atoms with Crippen LogP contribution in [0.2, 0.25) is 0 Å². The molecule has 0 aliphatic heterocycles. The maximum Gasteiger partial charge on any atom is 0.0718 e. The molecule has 1 aromatic heterocycles. The Balaban J connectivity index is 2.24.